The molecule has 0 unspecified atom stereocenters. The van der Waals surface area contributed by atoms with Crippen molar-refractivity contribution in [2.75, 3.05) is 0 Å². The number of aliphatic carboxylic acids is 1. The summed E-state index contributed by atoms with van der Waals surface area (Å²) in [4.78, 5) is 18.9. The fourth-order valence-corrected chi connectivity index (χ4v) is 5.66. The number of carboxylic acid groups (broad SMARTS) is 1. The molecule has 2 atom stereocenters. The molecule has 5 aromatic rings. The zero-order chi connectivity index (χ0) is 29.6. The summed E-state index contributed by atoms with van der Waals surface area (Å²) in [5.74, 6) is 2.23. The quantitative estimate of drug-likeness (QED) is 0.181. The zero-order valence-corrected chi connectivity index (χ0v) is 24.1. The van der Waals surface area contributed by atoms with Crippen LogP contribution in [0.1, 0.15) is 47.0 Å². The second-order valence-corrected chi connectivity index (χ2v) is 10.8. The van der Waals surface area contributed by atoms with Gasteiger partial charge in [-0.15, -0.1) is 0 Å². The number of allylic oxidation sites excluding steroid dienone is 1. The molecule has 1 fully saturated rings. The van der Waals surface area contributed by atoms with Gasteiger partial charge in [0.05, 0.1) is 5.69 Å². The maximum Gasteiger partial charge on any atom is 0.320 e. The van der Waals surface area contributed by atoms with E-state index in [4.69, 9.17) is 9.15 Å². The lowest BCUT2D eigenvalue weighted by molar-refractivity contribution is -0.142. The van der Waals surface area contributed by atoms with Crippen LogP contribution in [0.3, 0.4) is 0 Å². The number of hydrogen-bond donors (Lipinski definition) is 1. The third kappa shape index (κ3) is 6.76. The monoisotopic (exact) mass is 570 g/mol. The molecule has 216 valence electrons. The summed E-state index contributed by atoms with van der Waals surface area (Å²) in [6.45, 7) is 2.50. The summed E-state index contributed by atoms with van der Waals surface area (Å²) in [5.41, 5.74) is 5.16. The fourth-order valence-electron chi connectivity index (χ4n) is 5.66. The predicted octanol–water partition coefficient (Wildman–Crippen LogP) is 8.49. The lowest BCUT2D eigenvalue weighted by Gasteiger charge is -2.28. The average Bonchev–Trinajstić information content (AvgIpc) is 3.63. The Morgan fingerprint density at radius 1 is 0.907 bits per heavy atom. The molecule has 0 radical (unpaired) electrons. The molecule has 1 aromatic heterocycles. The normalized spacial score (nSPS) is 17.0. The lowest BCUT2D eigenvalue weighted by Crippen LogP contribution is -2.36. The van der Waals surface area contributed by atoms with E-state index < -0.39 is 12.0 Å². The molecule has 4 aromatic carbocycles. The van der Waals surface area contributed by atoms with Crippen LogP contribution < -0.4 is 4.74 Å². The maximum absolute atomic E-state index is 12.1. The van der Waals surface area contributed by atoms with Crippen molar-refractivity contribution in [1.29, 1.82) is 0 Å². The molecule has 0 bridgehead atoms. The van der Waals surface area contributed by atoms with E-state index in [9.17, 15) is 9.90 Å². The van der Waals surface area contributed by atoms with E-state index in [2.05, 4.69) is 46.3 Å². The summed E-state index contributed by atoms with van der Waals surface area (Å²) in [6, 6.07) is 35.4. The molecular formula is C37H34N2O4. The van der Waals surface area contributed by atoms with E-state index in [1.54, 1.807) is 0 Å². The molecule has 6 rings (SSSR count). The van der Waals surface area contributed by atoms with Crippen molar-refractivity contribution in [3.8, 4) is 23.0 Å². The molecule has 1 aliphatic rings. The third-order valence-corrected chi connectivity index (χ3v) is 7.92. The number of oxazole rings is 1. The average molecular weight is 571 g/mol. The first kappa shape index (κ1) is 28.2. The summed E-state index contributed by atoms with van der Waals surface area (Å²) < 4.78 is 11.8. The summed E-state index contributed by atoms with van der Waals surface area (Å²) in [6.07, 6.45) is 6.29. The number of para-hydroxylation sites is 1. The number of benzene rings is 4. The maximum atomic E-state index is 12.1. The van der Waals surface area contributed by atoms with E-state index in [-0.39, 0.29) is 6.04 Å². The van der Waals surface area contributed by atoms with Crippen molar-refractivity contribution in [2.24, 2.45) is 0 Å². The Kier molecular flexibility index (Phi) is 8.47. The Morgan fingerprint density at radius 3 is 2.28 bits per heavy atom. The minimum absolute atomic E-state index is 0.0357. The second kappa shape index (κ2) is 12.9. The highest BCUT2D eigenvalue weighted by molar-refractivity contribution is 5.74. The summed E-state index contributed by atoms with van der Waals surface area (Å²) in [5, 5.41) is 9.97. The van der Waals surface area contributed by atoms with Crippen molar-refractivity contribution in [3.05, 3.63) is 143 Å². The number of hydrogen-bond acceptors (Lipinski definition) is 5. The van der Waals surface area contributed by atoms with E-state index in [1.165, 1.54) is 0 Å². The number of aromatic nitrogens is 1. The van der Waals surface area contributed by atoms with E-state index >= 15 is 0 Å². The molecule has 0 spiro atoms. The Hall–Kier alpha value is -4.94. The first-order valence-electron chi connectivity index (χ1n) is 14.6. The van der Waals surface area contributed by atoms with Crippen LogP contribution in [0.4, 0.5) is 0 Å². The number of likely N-dealkylation sites (tertiary alicyclic amines) is 1. The van der Waals surface area contributed by atoms with Crippen LogP contribution in [-0.2, 0) is 17.8 Å². The molecule has 0 amide bonds. The summed E-state index contributed by atoms with van der Waals surface area (Å²) in [7, 11) is 0. The van der Waals surface area contributed by atoms with Gasteiger partial charge in [-0.2, -0.15) is 0 Å². The number of nitrogens with zero attached hydrogens (tertiary/aromatic N) is 2. The van der Waals surface area contributed by atoms with E-state index in [0.717, 1.165) is 51.6 Å². The van der Waals surface area contributed by atoms with Crippen LogP contribution in [0.25, 0.3) is 17.5 Å². The Balaban J connectivity index is 1.11. The molecule has 1 aliphatic heterocycles. The van der Waals surface area contributed by atoms with Gasteiger partial charge in [0.2, 0.25) is 5.89 Å². The third-order valence-electron chi connectivity index (χ3n) is 7.92. The first-order valence-corrected chi connectivity index (χ1v) is 14.6. The van der Waals surface area contributed by atoms with Gasteiger partial charge in [0, 0.05) is 24.6 Å². The smallest absolute Gasteiger partial charge is 0.320 e. The molecule has 6 nitrogen and oxygen atoms in total. The van der Waals surface area contributed by atoms with Crippen molar-refractivity contribution in [2.45, 2.75) is 44.8 Å². The molecule has 6 heteroatoms. The van der Waals surface area contributed by atoms with Crippen LogP contribution in [0.15, 0.2) is 120 Å². The van der Waals surface area contributed by atoms with Gasteiger partial charge in [-0.25, -0.2) is 4.98 Å². The van der Waals surface area contributed by atoms with Crippen molar-refractivity contribution >= 4 is 12.0 Å². The molecule has 0 saturated carbocycles. The van der Waals surface area contributed by atoms with Crippen molar-refractivity contribution in [1.82, 2.24) is 9.88 Å². The standard InChI is InChI=1S/C37H34N2O4/c1-26-33(38-36(42-26)30-10-4-2-5-11-30)14-8-9-27-15-19-29(20-16-27)34-23-24-35(37(40)41)39(34)25-28-17-21-32(22-18-28)43-31-12-6-3-7-13-31/h2-13,15-22,34-35H,14,23-25H2,1H3,(H,40,41)/b9-8-/t34-,35-/m1/s1. The van der Waals surface area contributed by atoms with Gasteiger partial charge in [-0.05, 0) is 72.9 Å². The van der Waals surface area contributed by atoms with Crippen LogP contribution in [-0.4, -0.2) is 27.0 Å². The van der Waals surface area contributed by atoms with Crippen molar-refractivity contribution < 1.29 is 19.1 Å². The lowest BCUT2D eigenvalue weighted by atomic mass is 10.0. The van der Waals surface area contributed by atoms with Gasteiger partial charge < -0.3 is 14.3 Å². The van der Waals surface area contributed by atoms with Crippen LogP contribution in [0.5, 0.6) is 11.5 Å². The van der Waals surface area contributed by atoms with E-state index in [0.29, 0.717) is 25.3 Å². The Labute approximate surface area is 251 Å². The Bertz CT molecular complexity index is 1680. The SMILES string of the molecule is Cc1oc(-c2ccccc2)nc1C/C=C\c1ccc([C@H]2CC[C@H](C(=O)O)N2Cc2ccc(Oc3ccccc3)cc2)cc1. The topological polar surface area (TPSA) is 75.8 Å². The summed E-state index contributed by atoms with van der Waals surface area (Å²) >= 11 is 0. The van der Waals surface area contributed by atoms with Gasteiger partial charge in [0.15, 0.2) is 0 Å². The number of rotatable bonds is 10. The number of aryl methyl sites for hydroxylation is 1. The molecule has 0 aliphatic carbocycles. The van der Waals surface area contributed by atoms with E-state index in [1.807, 2.05) is 91.9 Å². The fraction of sp³-hybridized carbons (Fsp3) is 0.189. The number of carboxylic acids is 1. The van der Waals surface area contributed by atoms with Crippen LogP contribution in [0, 0.1) is 6.92 Å². The van der Waals surface area contributed by atoms with Gasteiger partial charge >= 0.3 is 5.97 Å². The molecule has 2 heterocycles. The molecule has 1 saturated heterocycles. The van der Waals surface area contributed by atoms with Gasteiger partial charge in [0.25, 0.3) is 0 Å². The van der Waals surface area contributed by atoms with Crippen molar-refractivity contribution in [3.63, 3.8) is 0 Å². The Morgan fingerprint density at radius 2 is 1.58 bits per heavy atom. The van der Waals surface area contributed by atoms with Crippen LogP contribution in [0.2, 0.25) is 0 Å². The number of ether oxygens (including phenoxy) is 1. The minimum Gasteiger partial charge on any atom is -0.480 e. The van der Waals surface area contributed by atoms with Gasteiger partial charge in [-0.3, -0.25) is 9.69 Å². The van der Waals surface area contributed by atoms with Gasteiger partial charge in [-0.1, -0.05) is 84.9 Å². The largest absolute Gasteiger partial charge is 0.480 e. The zero-order valence-electron chi connectivity index (χ0n) is 24.1. The molecule has 1 N–H and O–H groups in total. The number of carbonyl (C=O) groups is 1. The molecular weight excluding hydrogens is 536 g/mol. The first-order chi connectivity index (χ1) is 21.0. The minimum atomic E-state index is -0.773. The van der Waals surface area contributed by atoms with Gasteiger partial charge in [0.1, 0.15) is 23.3 Å². The van der Waals surface area contributed by atoms with Crippen LogP contribution >= 0.6 is 0 Å². The highest BCUT2D eigenvalue weighted by atomic mass is 16.5. The highest BCUT2D eigenvalue weighted by Crippen LogP contribution is 2.38. The predicted molar refractivity (Wildman–Crippen MR) is 168 cm³/mol. The second-order valence-electron chi connectivity index (χ2n) is 10.8. The highest BCUT2D eigenvalue weighted by Gasteiger charge is 2.38. The molecule has 43 heavy (non-hydrogen) atoms.